The summed E-state index contributed by atoms with van der Waals surface area (Å²) in [6.45, 7) is 1.98. The highest BCUT2D eigenvalue weighted by molar-refractivity contribution is 9.10. The Balaban J connectivity index is 1.99. The van der Waals surface area contributed by atoms with Crippen LogP contribution in [0.3, 0.4) is 0 Å². The molecule has 0 aliphatic heterocycles. The summed E-state index contributed by atoms with van der Waals surface area (Å²) in [5.74, 6) is 0.634. The van der Waals surface area contributed by atoms with Crippen LogP contribution in [0.15, 0.2) is 53.0 Å². The summed E-state index contributed by atoms with van der Waals surface area (Å²) in [6.07, 6.45) is 3.28. The molecule has 1 amide bonds. The molecule has 2 aromatic carbocycles. The number of aryl methyl sites for hydroxylation is 1. The first-order chi connectivity index (χ1) is 10.1. The lowest BCUT2D eigenvalue weighted by Gasteiger charge is -2.04. The molecule has 21 heavy (non-hydrogen) atoms. The summed E-state index contributed by atoms with van der Waals surface area (Å²) in [5, 5.41) is 2.83. The van der Waals surface area contributed by atoms with Gasteiger partial charge in [-0.1, -0.05) is 28.1 Å². The maximum atomic E-state index is 11.9. The Morgan fingerprint density at radius 1 is 1.19 bits per heavy atom. The molecule has 0 radical (unpaired) electrons. The lowest BCUT2D eigenvalue weighted by Crippen LogP contribution is -2.07. The SMILES string of the molecule is COc1ccc(C=CC(=O)Nc2ccc(Br)c(C)c2)cc1. The van der Waals surface area contributed by atoms with Crippen molar-refractivity contribution >= 4 is 33.6 Å². The van der Waals surface area contributed by atoms with Gasteiger partial charge in [-0.2, -0.15) is 0 Å². The molecular weight excluding hydrogens is 330 g/mol. The first kappa shape index (κ1) is 15.3. The average Bonchev–Trinajstić information content (AvgIpc) is 2.49. The summed E-state index contributed by atoms with van der Waals surface area (Å²) >= 11 is 3.43. The molecular formula is C17H16BrNO2. The monoisotopic (exact) mass is 345 g/mol. The largest absolute Gasteiger partial charge is 0.497 e. The van der Waals surface area contributed by atoms with Crippen molar-refractivity contribution in [3.05, 3.63) is 64.1 Å². The van der Waals surface area contributed by atoms with Crippen molar-refractivity contribution in [3.63, 3.8) is 0 Å². The molecule has 0 spiro atoms. The molecule has 0 fully saturated rings. The van der Waals surface area contributed by atoms with Crippen molar-refractivity contribution in [3.8, 4) is 5.75 Å². The fourth-order valence-electron chi connectivity index (χ4n) is 1.79. The third-order valence-corrected chi connectivity index (χ3v) is 3.86. The predicted molar refractivity (Wildman–Crippen MR) is 89.5 cm³/mol. The van der Waals surface area contributed by atoms with Crippen LogP contribution < -0.4 is 10.1 Å². The fraction of sp³-hybridized carbons (Fsp3) is 0.118. The highest BCUT2D eigenvalue weighted by atomic mass is 79.9. The van der Waals surface area contributed by atoms with Crippen molar-refractivity contribution < 1.29 is 9.53 Å². The number of carbonyl (C=O) groups is 1. The van der Waals surface area contributed by atoms with E-state index >= 15 is 0 Å². The van der Waals surface area contributed by atoms with Gasteiger partial charge in [0.15, 0.2) is 0 Å². The molecule has 4 heteroatoms. The minimum atomic E-state index is -0.160. The van der Waals surface area contributed by atoms with Crippen molar-refractivity contribution in [1.82, 2.24) is 0 Å². The maximum Gasteiger partial charge on any atom is 0.248 e. The molecule has 0 aromatic heterocycles. The normalized spacial score (nSPS) is 10.6. The third kappa shape index (κ3) is 4.46. The van der Waals surface area contributed by atoms with Gasteiger partial charge in [-0.05, 0) is 54.5 Å². The molecule has 2 rings (SSSR count). The van der Waals surface area contributed by atoms with Gasteiger partial charge in [-0.3, -0.25) is 4.79 Å². The molecule has 0 aliphatic rings. The Bertz CT molecular complexity index is 663. The van der Waals surface area contributed by atoms with Gasteiger partial charge >= 0.3 is 0 Å². The molecule has 0 bridgehead atoms. The van der Waals surface area contributed by atoms with Crippen LogP contribution in [0.2, 0.25) is 0 Å². The number of nitrogens with one attached hydrogen (secondary N) is 1. The molecule has 0 heterocycles. The van der Waals surface area contributed by atoms with Crippen molar-refractivity contribution in [2.45, 2.75) is 6.92 Å². The Kier molecular flexibility index (Phi) is 5.17. The number of hydrogen-bond donors (Lipinski definition) is 1. The van der Waals surface area contributed by atoms with Crippen molar-refractivity contribution in [1.29, 1.82) is 0 Å². The third-order valence-electron chi connectivity index (χ3n) is 2.97. The fourth-order valence-corrected chi connectivity index (χ4v) is 2.04. The molecule has 3 nitrogen and oxygen atoms in total. The van der Waals surface area contributed by atoms with Crippen LogP contribution >= 0.6 is 15.9 Å². The second-order valence-electron chi connectivity index (χ2n) is 4.56. The lowest BCUT2D eigenvalue weighted by atomic mass is 10.2. The van der Waals surface area contributed by atoms with Crippen LogP contribution in [0.25, 0.3) is 6.08 Å². The van der Waals surface area contributed by atoms with E-state index in [2.05, 4.69) is 21.2 Å². The Morgan fingerprint density at radius 2 is 1.90 bits per heavy atom. The number of ether oxygens (including phenoxy) is 1. The van der Waals surface area contributed by atoms with E-state index in [9.17, 15) is 4.79 Å². The molecule has 108 valence electrons. The molecule has 0 saturated carbocycles. The van der Waals surface area contributed by atoms with E-state index < -0.39 is 0 Å². The smallest absolute Gasteiger partial charge is 0.248 e. The van der Waals surface area contributed by atoms with Crippen LogP contribution in [0.4, 0.5) is 5.69 Å². The number of hydrogen-bond acceptors (Lipinski definition) is 2. The van der Waals surface area contributed by atoms with E-state index in [-0.39, 0.29) is 5.91 Å². The Labute approximate surface area is 132 Å². The average molecular weight is 346 g/mol. The highest BCUT2D eigenvalue weighted by Crippen LogP contribution is 2.20. The van der Waals surface area contributed by atoms with E-state index in [4.69, 9.17) is 4.74 Å². The van der Waals surface area contributed by atoms with E-state index in [1.807, 2.05) is 49.4 Å². The second-order valence-corrected chi connectivity index (χ2v) is 5.41. The molecule has 2 aromatic rings. The van der Waals surface area contributed by atoms with Crippen molar-refractivity contribution in [2.75, 3.05) is 12.4 Å². The number of rotatable bonds is 4. The molecule has 0 saturated heterocycles. The minimum absolute atomic E-state index is 0.160. The second kappa shape index (κ2) is 7.09. The zero-order chi connectivity index (χ0) is 15.2. The standard InChI is InChI=1S/C17H16BrNO2/c1-12-11-14(6-9-16(12)18)19-17(20)10-5-13-3-7-15(21-2)8-4-13/h3-11H,1-2H3,(H,19,20). The van der Waals surface area contributed by atoms with Crippen LogP contribution in [0.1, 0.15) is 11.1 Å². The Morgan fingerprint density at radius 3 is 2.52 bits per heavy atom. The van der Waals surface area contributed by atoms with Crippen LogP contribution in [-0.4, -0.2) is 13.0 Å². The number of halogens is 1. The van der Waals surface area contributed by atoms with E-state index in [0.29, 0.717) is 0 Å². The number of methoxy groups -OCH3 is 1. The number of carbonyl (C=O) groups excluding carboxylic acids is 1. The zero-order valence-electron chi connectivity index (χ0n) is 11.9. The van der Waals surface area contributed by atoms with Gasteiger partial charge in [0.2, 0.25) is 5.91 Å². The summed E-state index contributed by atoms with van der Waals surface area (Å²) in [7, 11) is 1.62. The van der Waals surface area contributed by atoms with Crippen LogP contribution in [0.5, 0.6) is 5.75 Å². The van der Waals surface area contributed by atoms with E-state index in [1.54, 1.807) is 13.2 Å². The summed E-state index contributed by atoms with van der Waals surface area (Å²) in [4.78, 5) is 11.9. The van der Waals surface area contributed by atoms with Crippen LogP contribution in [0, 0.1) is 6.92 Å². The van der Waals surface area contributed by atoms with Gasteiger partial charge in [-0.15, -0.1) is 0 Å². The van der Waals surface area contributed by atoms with Gasteiger partial charge < -0.3 is 10.1 Å². The molecule has 0 atom stereocenters. The van der Waals surface area contributed by atoms with Gasteiger partial charge in [0.05, 0.1) is 7.11 Å². The predicted octanol–water partition coefficient (Wildman–Crippen LogP) is 4.42. The van der Waals surface area contributed by atoms with Crippen molar-refractivity contribution in [2.24, 2.45) is 0 Å². The van der Waals surface area contributed by atoms with Gasteiger partial charge in [0.1, 0.15) is 5.75 Å². The topological polar surface area (TPSA) is 38.3 Å². The van der Waals surface area contributed by atoms with Crippen LogP contribution in [-0.2, 0) is 4.79 Å². The van der Waals surface area contributed by atoms with Gasteiger partial charge in [0.25, 0.3) is 0 Å². The molecule has 0 aliphatic carbocycles. The minimum Gasteiger partial charge on any atom is -0.497 e. The van der Waals surface area contributed by atoms with Gasteiger partial charge in [-0.25, -0.2) is 0 Å². The number of amides is 1. The quantitative estimate of drug-likeness (QED) is 0.833. The first-order valence-corrected chi connectivity index (χ1v) is 7.27. The summed E-state index contributed by atoms with van der Waals surface area (Å²) in [6, 6.07) is 13.2. The summed E-state index contributed by atoms with van der Waals surface area (Å²) in [5.41, 5.74) is 2.80. The van der Waals surface area contributed by atoms with Gasteiger partial charge in [0, 0.05) is 16.2 Å². The Hall–Kier alpha value is -2.07. The molecule has 0 unspecified atom stereocenters. The van der Waals surface area contributed by atoms with E-state index in [1.165, 1.54) is 6.08 Å². The maximum absolute atomic E-state index is 11.9. The molecule has 1 N–H and O–H groups in total. The summed E-state index contributed by atoms with van der Waals surface area (Å²) < 4.78 is 6.11. The number of benzene rings is 2. The van der Waals surface area contributed by atoms with E-state index in [0.717, 1.165) is 27.0 Å². The highest BCUT2D eigenvalue weighted by Gasteiger charge is 2.00. The lowest BCUT2D eigenvalue weighted by molar-refractivity contribution is -0.111. The first-order valence-electron chi connectivity index (χ1n) is 6.48. The number of anilines is 1. The zero-order valence-corrected chi connectivity index (χ0v) is 13.5.